The zero-order valence-corrected chi connectivity index (χ0v) is 9.68. The van der Waals surface area contributed by atoms with E-state index in [0.717, 1.165) is 13.2 Å². The first-order valence-electron chi connectivity index (χ1n) is 3.75. The van der Waals surface area contributed by atoms with Gasteiger partial charge in [-0.3, -0.25) is 0 Å². The van der Waals surface area contributed by atoms with Crippen LogP contribution in [0.2, 0.25) is 0 Å². The molecule has 1 aromatic rings. The Morgan fingerprint density at radius 3 is 2.40 bits per heavy atom. The lowest BCUT2D eigenvalue weighted by Gasteiger charge is -2.13. The molecule has 0 aliphatic carbocycles. The highest BCUT2D eigenvalue weighted by molar-refractivity contribution is 14.1. The van der Waals surface area contributed by atoms with E-state index in [1.807, 2.05) is 0 Å². The third-order valence-corrected chi connectivity index (χ3v) is 2.31. The number of rotatable bonds is 1. The van der Waals surface area contributed by atoms with Gasteiger partial charge in [0.05, 0.1) is 18.2 Å². The molecular formula is C9H5F3INO. The Bertz CT molecular complexity index is 423. The van der Waals surface area contributed by atoms with Crippen LogP contribution in [0.4, 0.5) is 13.2 Å². The number of nitriles is 1. The average Bonchev–Trinajstić information content (AvgIpc) is 2.15. The van der Waals surface area contributed by atoms with Crippen LogP contribution in [0.5, 0.6) is 5.75 Å². The van der Waals surface area contributed by atoms with Crippen LogP contribution >= 0.6 is 22.6 Å². The molecule has 0 saturated heterocycles. The number of methoxy groups -OCH3 is 1. The summed E-state index contributed by atoms with van der Waals surface area (Å²) >= 11 is 1.72. The highest BCUT2D eigenvalue weighted by atomic mass is 127. The van der Waals surface area contributed by atoms with E-state index in [1.54, 1.807) is 28.7 Å². The number of benzene rings is 1. The third-order valence-electron chi connectivity index (χ3n) is 1.68. The molecule has 0 unspecified atom stereocenters. The highest BCUT2D eigenvalue weighted by Crippen LogP contribution is 2.38. The van der Waals surface area contributed by atoms with Gasteiger partial charge in [0, 0.05) is 3.57 Å². The lowest BCUT2D eigenvalue weighted by atomic mass is 10.1. The number of ether oxygens (including phenoxy) is 1. The Kier molecular flexibility index (Phi) is 3.44. The fourth-order valence-electron chi connectivity index (χ4n) is 1.11. The van der Waals surface area contributed by atoms with Crippen molar-refractivity contribution >= 4 is 22.6 Å². The molecule has 0 aliphatic heterocycles. The summed E-state index contributed by atoms with van der Waals surface area (Å²) in [7, 11) is 1.11. The van der Waals surface area contributed by atoms with Gasteiger partial charge in [-0.05, 0) is 34.7 Å². The second kappa shape index (κ2) is 4.26. The number of hydrogen-bond acceptors (Lipinski definition) is 2. The van der Waals surface area contributed by atoms with Crippen LogP contribution in [0.25, 0.3) is 0 Å². The summed E-state index contributed by atoms with van der Waals surface area (Å²) in [6.07, 6.45) is -4.52. The van der Waals surface area contributed by atoms with Crippen LogP contribution < -0.4 is 4.74 Å². The van der Waals surface area contributed by atoms with Crippen LogP contribution in [0.3, 0.4) is 0 Å². The van der Waals surface area contributed by atoms with Crippen LogP contribution in [-0.2, 0) is 6.18 Å². The number of halogens is 4. The van der Waals surface area contributed by atoms with Crippen molar-refractivity contribution in [3.8, 4) is 11.8 Å². The van der Waals surface area contributed by atoms with E-state index < -0.39 is 17.5 Å². The molecule has 15 heavy (non-hydrogen) atoms. The minimum absolute atomic E-state index is 0.114. The summed E-state index contributed by atoms with van der Waals surface area (Å²) in [4.78, 5) is 0. The van der Waals surface area contributed by atoms with Gasteiger partial charge in [-0.1, -0.05) is 0 Å². The van der Waals surface area contributed by atoms with Crippen molar-refractivity contribution < 1.29 is 17.9 Å². The summed E-state index contributed by atoms with van der Waals surface area (Å²) in [5.74, 6) is -0.426. The van der Waals surface area contributed by atoms with Crippen molar-refractivity contribution in [2.24, 2.45) is 0 Å². The Hall–Kier alpha value is -0.970. The second-order valence-corrected chi connectivity index (χ2v) is 3.89. The predicted octanol–water partition coefficient (Wildman–Crippen LogP) is 3.19. The first-order chi connectivity index (χ1) is 6.90. The van der Waals surface area contributed by atoms with Crippen molar-refractivity contribution in [2.75, 3.05) is 7.11 Å². The maximum absolute atomic E-state index is 12.5. The normalized spacial score (nSPS) is 10.9. The molecule has 0 fully saturated rings. The van der Waals surface area contributed by atoms with Crippen LogP contribution in [0.15, 0.2) is 12.1 Å². The summed E-state index contributed by atoms with van der Waals surface area (Å²) < 4.78 is 42.6. The van der Waals surface area contributed by atoms with Crippen LogP contribution in [0, 0.1) is 14.9 Å². The monoisotopic (exact) mass is 327 g/mol. The van der Waals surface area contributed by atoms with E-state index in [-0.39, 0.29) is 5.56 Å². The minimum atomic E-state index is -4.52. The maximum Gasteiger partial charge on any atom is 0.420 e. The molecule has 0 aliphatic rings. The predicted molar refractivity (Wildman–Crippen MR) is 55.4 cm³/mol. The zero-order valence-electron chi connectivity index (χ0n) is 7.52. The van der Waals surface area contributed by atoms with Gasteiger partial charge >= 0.3 is 6.18 Å². The van der Waals surface area contributed by atoms with Gasteiger partial charge in [-0.15, -0.1) is 0 Å². The first kappa shape index (κ1) is 12.1. The van der Waals surface area contributed by atoms with E-state index in [4.69, 9.17) is 5.26 Å². The SMILES string of the molecule is COc1c(C#N)cc(I)cc1C(F)(F)F. The van der Waals surface area contributed by atoms with Gasteiger partial charge in [-0.2, -0.15) is 18.4 Å². The molecule has 1 aromatic carbocycles. The molecule has 0 amide bonds. The summed E-state index contributed by atoms with van der Waals surface area (Å²) in [6, 6.07) is 3.96. The Labute approximate surface area is 97.8 Å². The van der Waals surface area contributed by atoms with Crippen molar-refractivity contribution in [2.45, 2.75) is 6.18 Å². The number of nitrogens with zero attached hydrogens (tertiary/aromatic N) is 1. The van der Waals surface area contributed by atoms with E-state index >= 15 is 0 Å². The molecule has 0 aromatic heterocycles. The van der Waals surface area contributed by atoms with Crippen molar-refractivity contribution in [1.82, 2.24) is 0 Å². The molecule has 0 N–H and O–H groups in total. The quantitative estimate of drug-likeness (QED) is 0.742. The standard InChI is InChI=1S/C9H5F3INO/c1-15-8-5(4-14)2-6(13)3-7(8)9(10,11)12/h2-3H,1H3. The highest BCUT2D eigenvalue weighted by Gasteiger charge is 2.35. The van der Waals surface area contributed by atoms with Gasteiger partial charge in [0.25, 0.3) is 0 Å². The third kappa shape index (κ3) is 2.53. The summed E-state index contributed by atoms with van der Waals surface area (Å²) in [5, 5.41) is 8.66. The smallest absolute Gasteiger partial charge is 0.420 e. The lowest BCUT2D eigenvalue weighted by molar-refractivity contribution is -0.138. The Morgan fingerprint density at radius 2 is 2.00 bits per heavy atom. The lowest BCUT2D eigenvalue weighted by Crippen LogP contribution is -2.09. The van der Waals surface area contributed by atoms with Gasteiger partial charge < -0.3 is 4.74 Å². The average molecular weight is 327 g/mol. The van der Waals surface area contributed by atoms with Crippen LogP contribution in [0.1, 0.15) is 11.1 Å². The van der Waals surface area contributed by atoms with Crippen molar-refractivity contribution in [1.29, 1.82) is 5.26 Å². The van der Waals surface area contributed by atoms with E-state index in [2.05, 4.69) is 4.74 Å². The van der Waals surface area contributed by atoms with Crippen molar-refractivity contribution in [3.05, 3.63) is 26.8 Å². The van der Waals surface area contributed by atoms with Gasteiger partial charge in [0.1, 0.15) is 11.8 Å². The largest absolute Gasteiger partial charge is 0.495 e. The molecular weight excluding hydrogens is 322 g/mol. The molecule has 0 atom stereocenters. The van der Waals surface area contributed by atoms with Gasteiger partial charge in [0.15, 0.2) is 0 Å². The zero-order chi connectivity index (χ0) is 11.6. The molecule has 6 heteroatoms. The van der Waals surface area contributed by atoms with Crippen molar-refractivity contribution in [3.63, 3.8) is 0 Å². The van der Waals surface area contributed by atoms with E-state index in [0.29, 0.717) is 3.57 Å². The van der Waals surface area contributed by atoms with Gasteiger partial charge in [0.2, 0.25) is 0 Å². The summed E-state index contributed by atoms with van der Waals surface area (Å²) in [5.41, 5.74) is -1.04. The molecule has 0 heterocycles. The van der Waals surface area contributed by atoms with E-state index in [9.17, 15) is 13.2 Å². The fourth-order valence-corrected chi connectivity index (χ4v) is 1.73. The Balaban J connectivity index is 3.51. The molecule has 0 spiro atoms. The first-order valence-corrected chi connectivity index (χ1v) is 4.83. The molecule has 0 bridgehead atoms. The number of hydrogen-bond donors (Lipinski definition) is 0. The second-order valence-electron chi connectivity index (χ2n) is 2.64. The maximum atomic E-state index is 12.5. The van der Waals surface area contributed by atoms with Crippen LogP contribution in [-0.4, -0.2) is 7.11 Å². The minimum Gasteiger partial charge on any atom is -0.495 e. The fraction of sp³-hybridized carbons (Fsp3) is 0.222. The van der Waals surface area contributed by atoms with Gasteiger partial charge in [-0.25, -0.2) is 0 Å². The molecule has 0 radical (unpaired) electrons. The molecule has 0 saturated carbocycles. The topological polar surface area (TPSA) is 33.0 Å². The molecule has 1 rings (SSSR count). The number of alkyl halides is 3. The molecule has 2 nitrogen and oxygen atoms in total. The Morgan fingerprint density at radius 1 is 1.40 bits per heavy atom. The van der Waals surface area contributed by atoms with E-state index in [1.165, 1.54) is 6.07 Å². The molecule has 80 valence electrons. The summed E-state index contributed by atoms with van der Waals surface area (Å²) in [6.45, 7) is 0.